The van der Waals surface area contributed by atoms with Crippen LogP contribution in [0.5, 0.6) is 0 Å². The second kappa shape index (κ2) is 10.7. The third kappa shape index (κ3) is 5.56. The molecule has 3 aromatic rings. The van der Waals surface area contributed by atoms with Crippen LogP contribution in [-0.2, 0) is 0 Å². The maximum absolute atomic E-state index is 13.0. The number of nitrogens with zero attached hydrogens (tertiary/aromatic N) is 5. The lowest BCUT2D eigenvalue weighted by atomic mass is 10.1. The number of amides is 1. The first-order valence-corrected chi connectivity index (χ1v) is 11.6. The number of rotatable bonds is 3. The first-order valence-electron chi connectivity index (χ1n) is 11.6. The highest BCUT2D eigenvalue weighted by Crippen LogP contribution is 2.31. The average molecular weight is 468 g/mol. The fourth-order valence-corrected chi connectivity index (χ4v) is 4.30. The molecule has 2 N–H and O–H groups in total. The first-order chi connectivity index (χ1) is 16.4. The molecule has 2 aliphatic rings. The van der Waals surface area contributed by atoms with Crippen LogP contribution in [0.25, 0.3) is 10.9 Å². The van der Waals surface area contributed by atoms with Crippen molar-refractivity contribution in [1.29, 1.82) is 0 Å². The van der Waals surface area contributed by atoms with Crippen LogP contribution in [0.15, 0.2) is 35.4 Å². The van der Waals surface area contributed by atoms with Crippen LogP contribution in [0.3, 0.4) is 0 Å². The first kappa shape index (κ1) is 23.7. The van der Waals surface area contributed by atoms with Crippen molar-refractivity contribution in [2.75, 3.05) is 45.2 Å². The highest BCUT2D eigenvalue weighted by molar-refractivity contribution is 5.90. The third-order valence-corrected chi connectivity index (χ3v) is 6.36. The molecule has 1 saturated heterocycles. The van der Waals surface area contributed by atoms with Gasteiger partial charge in [0, 0.05) is 39.1 Å². The molecule has 2 fully saturated rings. The second-order valence-corrected chi connectivity index (χ2v) is 8.73. The zero-order chi connectivity index (χ0) is 24.1. The molecule has 1 aromatic carbocycles. The number of carbonyl (C=O) groups is 1. The maximum atomic E-state index is 13.0. The fraction of sp³-hybridized carbons (Fsp3) is 0.458. The standard InChI is InChI=1S/C13H13FN2O.C11H17N5O/c14-9-5-6-11-10(7-9)13(17)16-12(15-11)8-3-1-2-4-8;1-12-11(17)10-13-7-9(8-14-10)16-5-3-15(2)4-6-16/h5-8H,1-4H2,(H,15,16,17);7-8H,3-6H2,1-2H3,(H,12,17). The molecule has 3 heterocycles. The van der Waals surface area contributed by atoms with E-state index in [1.165, 1.54) is 25.0 Å². The molecule has 5 rings (SSSR count). The van der Waals surface area contributed by atoms with Crippen molar-refractivity contribution in [3.63, 3.8) is 0 Å². The van der Waals surface area contributed by atoms with E-state index in [1.54, 1.807) is 25.5 Å². The van der Waals surface area contributed by atoms with Gasteiger partial charge in [-0.05, 0) is 38.1 Å². The lowest BCUT2D eigenvalue weighted by molar-refractivity contribution is 0.0952. The number of fused-ring (bicyclic) bond motifs is 1. The number of benzene rings is 1. The van der Waals surface area contributed by atoms with Crippen LogP contribution in [0.4, 0.5) is 10.1 Å². The number of H-pyrrole nitrogens is 1. The highest BCUT2D eigenvalue weighted by Gasteiger charge is 2.20. The minimum Gasteiger partial charge on any atom is -0.366 e. The Balaban J connectivity index is 0.000000161. The minimum absolute atomic E-state index is 0.213. The van der Waals surface area contributed by atoms with E-state index in [1.807, 2.05) is 0 Å². The fourth-order valence-electron chi connectivity index (χ4n) is 4.30. The van der Waals surface area contributed by atoms with Gasteiger partial charge in [-0.1, -0.05) is 12.8 Å². The smallest absolute Gasteiger partial charge is 0.288 e. The van der Waals surface area contributed by atoms with Gasteiger partial charge in [0.25, 0.3) is 11.5 Å². The summed E-state index contributed by atoms with van der Waals surface area (Å²) in [5.74, 6) is 0.669. The van der Waals surface area contributed by atoms with Crippen molar-refractivity contribution in [2.24, 2.45) is 0 Å². The molecule has 2 aromatic heterocycles. The largest absolute Gasteiger partial charge is 0.366 e. The molecule has 9 nitrogen and oxygen atoms in total. The van der Waals surface area contributed by atoms with Gasteiger partial charge in [-0.25, -0.2) is 19.3 Å². The zero-order valence-corrected chi connectivity index (χ0v) is 19.6. The molecule has 1 aliphatic carbocycles. The normalized spacial score (nSPS) is 16.9. The van der Waals surface area contributed by atoms with Gasteiger partial charge >= 0.3 is 0 Å². The lowest BCUT2D eigenvalue weighted by Gasteiger charge is -2.33. The summed E-state index contributed by atoms with van der Waals surface area (Å²) < 4.78 is 13.0. The molecule has 1 amide bonds. The molecule has 0 unspecified atom stereocenters. The van der Waals surface area contributed by atoms with Gasteiger partial charge in [-0.15, -0.1) is 0 Å². The van der Waals surface area contributed by atoms with Crippen LogP contribution in [0.1, 0.15) is 48.0 Å². The summed E-state index contributed by atoms with van der Waals surface area (Å²) in [4.78, 5) is 43.0. The van der Waals surface area contributed by atoms with Gasteiger partial charge in [0.05, 0.1) is 29.0 Å². The SMILES string of the molecule is CNC(=O)c1ncc(N2CCN(C)CC2)cn1.O=c1[nH]c(C2CCCC2)nc2ccc(F)cc12. The van der Waals surface area contributed by atoms with Crippen LogP contribution in [0.2, 0.25) is 0 Å². The Morgan fingerprint density at radius 1 is 1.12 bits per heavy atom. The molecule has 34 heavy (non-hydrogen) atoms. The van der Waals surface area contributed by atoms with Gasteiger partial charge < -0.3 is 20.1 Å². The molecular formula is C24H30FN7O2. The summed E-state index contributed by atoms with van der Waals surface area (Å²) in [5, 5.41) is 2.83. The monoisotopic (exact) mass is 467 g/mol. The van der Waals surface area contributed by atoms with Crippen molar-refractivity contribution < 1.29 is 9.18 Å². The molecule has 0 atom stereocenters. The topological polar surface area (TPSA) is 107 Å². The zero-order valence-electron chi connectivity index (χ0n) is 19.6. The number of carbonyl (C=O) groups excluding carboxylic acids is 1. The number of nitrogens with one attached hydrogen (secondary N) is 2. The van der Waals surface area contributed by atoms with Crippen molar-refractivity contribution in [3.05, 3.63) is 58.4 Å². The summed E-state index contributed by atoms with van der Waals surface area (Å²) >= 11 is 0. The van der Waals surface area contributed by atoms with E-state index in [-0.39, 0.29) is 17.3 Å². The van der Waals surface area contributed by atoms with Gasteiger partial charge in [0.15, 0.2) is 0 Å². The van der Waals surface area contributed by atoms with Crippen LogP contribution >= 0.6 is 0 Å². The Bertz CT molecular complexity index is 1180. The minimum atomic E-state index is -0.404. The number of aromatic amines is 1. The van der Waals surface area contributed by atoms with Gasteiger partial charge in [0.2, 0.25) is 5.82 Å². The van der Waals surface area contributed by atoms with Gasteiger partial charge in [0.1, 0.15) is 11.6 Å². The van der Waals surface area contributed by atoms with Crippen molar-refractivity contribution in [2.45, 2.75) is 31.6 Å². The average Bonchev–Trinajstić information content (AvgIpc) is 3.40. The predicted molar refractivity (Wildman–Crippen MR) is 129 cm³/mol. The molecule has 1 aliphatic heterocycles. The van der Waals surface area contributed by atoms with E-state index < -0.39 is 5.82 Å². The Morgan fingerprint density at radius 3 is 2.44 bits per heavy atom. The van der Waals surface area contributed by atoms with Crippen molar-refractivity contribution in [1.82, 2.24) is 30.2 Å². The Labute approximate surface area is 197 Å². The quantitative estimate of drug-likeness (QED) is 0.609. The number of piperazine rings is 1. The summed E-state index contributed by atoms with van der Waals surface area (Å²) in [6.45, 7) is 4.02. The van der Waals surface area contributed by atoms with Crippen molar-refractivity contribution >= 4 is 22.5 Å². The van der Waals surface area contributed by atoms with Gasteiger partial charge in [-0.3, -0.25) is 9.59 Å². The number of likely N-dealkylation sites (N-methyl/N-ethyl adjacent to an activating group) is 1. The van der Waals surface area contributed by atoms with E-state index in [0.717, 1.165) is 50.5 Å². The molecule has 0 spiro atoms. The molecule has 1 saturated carbocycles. The van der Waals surface area contributed by atoms with E-state index in [4.69, 9.17) is 0 Å². The second-order valence-electron chi connectivity index (χ2n) is 8.73. The van der Waals surface area contributed by atoms with E-state index >= 15 is 0 Å². The third-order valence-electron chi connectivity index (χ3n) is 6.36. The number of hydrogen-bond acceptors (Lipinski definition) is 7. The highest BCUT2D eigenvalue weighted by atomic mass is 19.1. The number of aromatic nitrogens is 4. The van der Waals surface area contributed by atoms with E-state index in [2.05, 4.69) is 42.1 Å². The number of anilines is 1. The summed E-state index contributed by atoms with van der Waals surface area (Å²) in [6, 6.07) is 4.14. The molecule has 180 valence electrons. The van der Waals surface area contributed by atoms with Gasteiger partial charge in [-0.2, -0.15) is 0 Å². The summed E-state index contributed by atoms with van der Waals surface area (Å²) in [7, 11) is 3.68. The molecule has 0 radical (unpaired) electrons. The molecule has 0 bridgehead atoms. The number of halogens is 1. The predicted octanol–water partition coefficient (Wildman–Crippen LogP) is 2.31. The molecular weight excluding hydrogens is 437 g/mol. The lowest BCUT2D eigenvalue weighted by Crippen LogP contribution is -2.44. The van der Waals surface area contributed by atoms with Crippen molar-refractivity contribution in [3.8, 4) is 0 Å². The van der Waals surface area contributed by atoms with Crippen LogP contribution in [0, 0.1) is 5.82 Å². The Hall–Kier alpha value is -3.40. The van der Waals surface area contributed by atoms with Crippen LogP contribution in [-0.4, -0.2) is 71.0 Å². The van der Waals surface area contributed by atoms with E-state index in [0.29, 0.717) is 16.8 Å². The Kier molecular flexibility index (Phi) is 7.46. The molecule has 10 heteroatoms. The summed E-state index contributed by atoms with van der Waals surface area (Å²) in [6.07, 6.45) is 7.96. The summed E-state index contributed by atoms with van der Waals surface area (Å²) in [5.41, 5.74) is 1.32. The Morgan fingerprint density at radius 2 is 1.79 bits per heavy atom. The van der Waals surface area contributed by atoms with Crippen LogP contribution < -0.4 is 15.8 Å². The maximum Gasteiger partial charge on any atom is 0.288 e. The number of hydrogen-bond donors (Lipinski definition) is 2. The van der Waals surface area contributed by atoms with E-state index in [9.17, 15) is 14.0 Å².